The third kappa shape index (κ3) is 2.14. The van der Waals surface area contributed by atoms with Crippen LogP contribution in [0.25, 0.3) is 0 Å². The number of fused-ring (bicyclic) bond motifs is 1. The minimum absolute atomic E-state index is 0.150. The number of hydrogen-bond donors (Lipinski definition) is 0. The van der Waals surface area contributed by atoms with E-state index in [4.69, 9.17) is 4.74 Å². The Morgan fingerprint density at radius 1 is 1.35 bits per heavy atom. The first-order chi connectivity index (χ1) is 7.87. The highest BCUT2D eigenvalue weighted by molar-refractivity contribution is 5.83. The van der Waals surface area contributed by atoms with Crippen LogP contribution in [0.4, 0.5) is 0 Å². The largest absolute Gasteiger partial charge is 0.457 e. The molecule has 0 aromatic rings. The molecule has 0 bridgehead atoms. The lowest BCUT2D eigenvalue weighted by Gasteiger charge is -2.34. The molecule has 0 heterocycles. The maximum Gasteiger partial charge on any atom is 0.331 e. The van der Waals surface area contributed by atoms with Crippen LogP contribution >= 0.6 is 0 Å². The Kier molecular flexibility index (Phi) is 2.24. The quantitative estimate of drug-likeness (QED) is 0.513. The smallest absolute Gasteiger partial charge is 0.331 e. The highest BCUT2D eigenvalue weighted by atomic mass is 16.6. The Labute approximate surface area is 103 Å². The molecule has 3 aliphatic rings. The third-order valence-electron chi connectivity index (χ3n) is 4.56. The van der Waals surface area contributed by atoms with Gasteiger partial charge in [-0.1, -0.05) is 5.57 Å². The van der Waals surface area contributed by atoms with Crippen molar-refractivity contribution in [3.8, 4) is 0 Å². The Hall–Kier alpha value is -0.790. The molecule has 0 N–H and O–H groups in total. The number of carbonyl (C=O) groups is 1. The van der Waals surface area contributed by atoms with Crippen LogP contribution in [0, 0.1) is 17.3 Å². The lowest BCUT2D eigenvalue weighted by molar-refractivity contribution is -0.148. The maximum absolute atomic E-state index is 11.7. The summed E-state index contributed by atoms with van der Waals surface area (Å²) in [5.74, 6) is 1.44. The summed E-state index contributed by atoms with van der Waals surface area (Å²) in [5.41, 5.74) is 1.69. The normalized spacial score (nSPS) is 35.6. The van der Waals surface area contributed by atoms with Crippen molar-refractivity contribution in [3.63, 3.8) is 0 Å². The molecule has 17 heavy (non-hydrogen) atoms. The van der Waals surface area contributed by atoms with E-state index in [1.54, 1.807) is 6.08 Å². The topological polar surface area (TPSA) is 26.3 Å². The first-order valence-corrected chi connectivity index (χ1v) is 6.80. The highest BCUT2D eigenvalue weighted by Gasteiger charge is 2.57. The summed E-state index contributed by atoms with van der Waals surface area (Å²) in [6.07, 6.45) is 8.54. The molecule has 0 aromatic heterocycles. The summed E-state index contributed by atoms with van der Waals surface area (Å²) in [6, 6.07) is 0. The summed E-state index contributed by atoms with van der Waals surface area (Å²) in [5, 5.41) is 0. The first-order valence-electron chi connectivity index (χ1n) is 6.80. The van der Waals surface area contributed by atoms with Gasteiger partial charge in [-0.2, -0.15) is 0 Å². The minimum atomic E-state index is -0.370. The third-order valence-corrected chi connectivity index (χ3v) is 4.56. The van der Waals surface area contributed by atoms with Gasteiger partial charge in [-0.15, -0.1) is 0 Å². The van der Waals surface area contributed by atoms with Gasteiger partial charge in [0.05, 0.1) is 0 Å². The first kappa shape index (κ1) is 11.3. The Morgan fingerprint density at radius 2 is 2.06 bits per heavy atom. The van der Waals surface area contributed by atoms with Crippen molar-refractivity contribution < 1.29 is 9.53 Å². The Balaban J connectivity index is 1.61. The number of esters is 1. The molecule has 2 nitrogen and oxygen atoms in total. The molecule has 0 aromatic carbocycles. The highest BCUT2D eigenvalue weighted by Crippen LogP contribution is 2.67. The van der Waals surface area contributed by atoms with Crippen molar-refractivity contribution in [1.82, 2.24) is 0 Å². The molecule has 3 rings (SSSR count). The lowest BCUT2D eigenvalue weighted by Crippen LogP contribution is -2.27. The SMILES string of the molecule is CC(C)(C)OC(=O)C=C1C[C@H]2CC3(CC3)C[C@@H]12. The van der Waals surface area contributed by atoms with E-state index in [0.29, 0.717) is 11.3 Å². The molecular formula is C15H22O2. The van der Waals surface area contributed by atoms with Gasteiger partial charge in [-0.05, 0) is 70.1 Å². The second kappa shape index (κ2) is 3.37. The van der Waals surface area contributed by atoms with Crippen molar-refractivity contribution in [3.05, 3.63) is 11.6 Å². The number of rotatable bonds is 1. The molecule has 2 atom stereocenters. The summed E-state index contributed by atoms with van der Waals surface area (Å²) in [7, 11) is 0. The van der Waals surface area contributed by atoms with Gasteiger partial charge in [-0.25, -0.2) is 4.79 Å². The van der Waals surface area contributed by atoms with E-state index in [2.05, 4.69) is 0 Å². The molecule has 0 amide bonds. The standard InChI is InChI=1S/C15H22O2/c1-14(2,3)17-13(16)7-10-6-11-8-15(4-5-15)9-12(10)11/h7,11-12H,4-6,8-9H2,1-3H3/t11-,12-/m0/s1. The number of ether oxygens (including phenoxy) is 1. The maximum atomic E-state index is 11.7. The van der Waals surface area contributed by atoms with E-state index in [-0.39, 0.29) is 11.6 Å². The molecule has 0 aliphatic heterocycles. The number of carbonyl (C=O) groups excluding carboxylic acids is 1. The van der Waals surface area contributed by atoms with Crippen LogP contribution in [0.15, 0.2) is 11.6 Å². The van der Waals surface area contributed by atoms with E-state index in [0.717, 1.165) is 12.3 Å². The van der Waals surface area contributed by atoms with Crippen LogP contribution in [0.5, 0.6) is 0 Å². The van der Waals surface area contributed by atoms with E-state index >= 15 is 0 Å². The minimum Gasteiger partial charge on any atom is -0.457 e. The van der Waals surface area contributed by atoms with Crippen molar-refractivity contribution >= 4 is 5.97 Å². The van der Waals surface area contributed by atoms with E-state index in [1.807, 2.05) is 20.8 Å². The second-order valence-electron chi connectivity index (χ2n) is 7.23. The van der Waals surface area contributed by atoms with Crippen LogP contribution in [0.2, 0.25) is 0 Å². The van der Waals surface area contributed by atoms with Crippen molar-refractivity contribution in [2.45, 2.75) is 58.5 Å². The van der Waals surface area contributed by atoms with Crippen LogP contribution in [0.1, 0.15) is 52.9 Å². The fraction of sp³-hybridized carbons (Fsp3) is 0.800. The second-order valence-corrected chi connectivity index (χ2v) is 7.23. The van der Waals surface area contributed by atoms with Crippen molar-refractivity contribution in [2.75, 3.05) is 0 Å². The van der Waals surface area contributed by atoms with E-state index in [1.165, 1.54) is 31.3 Å². The molecule has 3 aliphatic carbocycles. The monoisotopic (exact) mass is 234 g/mol. The molecule has 0 saturated heterocycles. The van der Waals surface area contributed by atoms with Gasteiger partial charge in [0, 0.05) is 6.08 Å². The van der Waals surface area contributed by atoms with Crippen LogP contribution in [-0.2, 0) is 9.53 Å². The van der Waals surface area contributed by atoms with Crippen LogP contribution in [-0.4, -0.2) is 11.6 Å². The molecule has 0 unspecified atom stereocenters. The van der Waals surface area contributed by atoms with E-state index in [9.17, 15) is 4.79 Å². The predicted octanol–water partition coefficient (Wildman–Crippen LogP) is 3.46. The molecule has 3 fully saturated rings. The van der Waals surface area contributed by atoms with Crippen molar-refractivity contribution in [1.29, 1.82) is 0 Å². The fourth-order valence-corrected chi connectivity index (χ4v) is 3.59. The average Bonchev–Trinajstić information content (AvgIpc) is 2.84. The summed E-state index contributed by atoms with van der Waals surface area (Å²) >= 11 is 0. The number of allylic oxidation sites excluding steroid dienone is 1. The molecule has 94 valence electrons. The lowest BCUT2D eigenvalue weighted by atomic mass is 9.71. The van der Waals surface area contributed by atoms with E-state index < -0.39 is 0 Å². The van der Waals surface area contributed by atoms with Gasteiger partial charge >= 0.3 is 5.97 Å². The van der Waals surface area contributed by atoms with Gasteiger partial charge in [0.25, 0.3) is 0 Å². The zero-order chi connectivity index (χ0) is 12.3. The zero-order valence-electron chi connectivity index (χ0n) is 11.1. The summed E-state index contributed by atoms with van der Waals surface area (Å²) in [4.78, 5) is 11.7. The molecule has 2 heteroatoms. The fourth-order valence-electron chi connectivity index (χ4n) is 3.59. The molecule has 3 saturated carbocycles. The van der Waals surface area contributed by atoms with Gasteiger partial charge in [-0.3, -0.25) is 0 Å². The van der Waals surface area contributed by atoms with Gasteiger partial charge in [0.15, 0.2) is 0 Å². The van der Waals surface area contributed by atoms with Crippen molar-refractivity contribution in [2.24, 2.45) is 17.3 Å². The molecule has 0 radical (unpaired) electrons. The Morgan fingerprint density at radius 3 is 2.65 bits per heavy atom. The average molecular weight is 234 g/mol. The number of hydrogen-bond acceptors (Lipinski definition) is 2. The van der Waals surface area contributed by atoms with Crippen LogP contribution in [0.3, 0.4) is 0 Å². The van der Waals surface area contributed by atoms with Gasteiger partial charge < -0.3 is 4.74 Å². The summed E-state index contributed by atoms with van der Waals surface area (Å²) < 4.78 is 5.34. The Bertz CT molecular complexity index is 382. The predicted molar refractivity (Wildman–Crippen MR) is 66.4 cm³/mol. The molecule has 1 spiro atoms. The molecular weight excluding hydrogens is 212 g/mol. The van der Waals surface area contributed by atoms with Gasteiger partial charge in [0.1, 0.15) is 5.60 Å². The zero-order valence-corrected chi connectivity index (χ0v) is 11.1. The van der Waals surface area contributed by atoms with Crippen LogP contribution < -0.4 is 0 Å². The van der Waals surface area contributed by atoms with Gasteiger partial charge in [0.2, 0.25) is 0 Å². The summed E-state index contributed by atoms with van der Waals surface area (Å²) in [6.45, 7) is 5.76.